The number of allylic oxidation sites excluding steroid dienone is 10. The summed E-state index contributed by atoms with van der Waals surface area (Å²) in [6.07, 6.45) is 51.3. The molecule has 1 N–H and O–H groups in total. The molecular formula is C53H94NO8+. The van der Waals surface area contributed by atoms with E-state index in [0.717, 1.165) is 96.3 Å². The molecule has 0 spiro atoms. The molecule has 0 saturated heterocycles. The number of hydrogen-bond acceptors (Lipinski definition) is 7. The Morgan fingerprint density at radius 1 is 0.484 bits per heavy atom. The molecule has 0 aromatic rings. The van der Waals surface area contributed by atoms with Gasteiger partial charge in [0, 0.05) is 12.8 Å². The van der Waals surface area contributed by atoms with E-state index >= 15 is 0 Å². The van der Waals surface area contributed by atoms with Crippen molar-refractivity contribution >= 4 is 17.9 Å². The largest absolute Gasteiger partial charge is 0.477 e. The van der Waals surface area contributed by atoms with Crippen LogP contribution >= 0.6 is 0 Å². The molecule has 358 valence electrons. The molecule has 0 aromatic heterocycles. The molecule has 0 radical (unpaired) electrons. The standard InChI is InChI=1S/C53H93NO8/c1-6-8-10-12-14-16-18-20-22-24-25-26-27-28-30-32-34-36-38-40-42-44-51(56)62-49(48-61-53(52(57)58)59-46-45-54(3,4)5)47-60-50(55)43-41-39-37-35-33-31-29-23-21-19-17-15-13-11-9-7-2/h17-20,23-25,27-29,49,53H,6-16,21-22,26,30-48H2,1-5H3/p+1/b19-17-,20-18-,25-24-,28-27-,29-23-. The van der Waals surface area contributed by atoms with E-state index in [4.69, 9.17) is 18.9 Å². The lowest BCUT2D eigenvalue weighted by Gasteiger charge is -2.25. The van der Waals surface area contributed by atoms with Crippen LogP contribution in [0.2, 0.25) is 0 Å². The van der Waals surface area contributed by atoms with Gasteiger partial charge in [0.15, 0.2) is 6.10 Å². The van der Waals surface area contributed by atoms with Crippen molar-refractivity contribution < 1.29 is 42.9 Å². The third kappa shape index (κ3) is 45.0. The number of nitrogens with zero attached hydrogens (tertiary/aromatic N) is 1. The minimum atomic E-state index is -1.52. The van der Waals surface area contributed by atoms with Crippen LogP contribution in [0, 0.1) is 0 Å². The minimum Gasteiger partial charge on any atom is -0.477 e. The van der Waals surface area contributed by atoms with E-state index in [-0.39, 0.29) is 38.6 Å². The third-order valence-corrected chi connectivity index (χ3v) is 10.5. The number of carbonyl (C=O) groups is 3. The van der Waals surface area contributed by atoms with E-state index in [1.54, 1.807) is 0 Å². The van der Waals surface area contributed by atoms with Gasteiger partial charge in [0.2, 0.25) is 0 Å². The SMILES string of the molecule is CCCCCC/C=C\C/C=C\CCCCCCCC(=O)OCC(COC(OCC[N+](C)(C)C)C(=O)O)OC(=O)CCCCCCCC/C=C\C/C=C\C/C=C\CCCCCCC. The first-order chi connectivity index (χ1) is 30.1. The number of carboxylic acids is 1. The van der Waals surface area contributed by atoms with Gasteiger partial charge in [-0.2, -0.15) is 0 Å². The Hall–Kier alpha value is -3.01. The summed E-state index contributed by atoms with van der Waals surface area (Å²) in [6, 6.07) is 0. The van der Waals surface area contributed by atoms with Gasteiger partial charge < -0.3 is 28.5 Å². The fraction of sp³-hybridized carbons (Fsp3) is 0.755. The summed E-state index contributed by atoms with van der Waals surface area (Å²) in [5.74, 6) is -2.05. The summed E-state index contributed by atoms with van der Waals surface area (Å²) in [4.78, 5) is 37.2. The molecule has 9 nitrogen and oxygen atoms in total. The summed E-state index contributed by atoms with van der Waals surface area (Å²) in [5, 5.41) is 9.66. The molecule has 0 heterocycles. The number of unbranched alkanes of at least 4 members (excludes halogenated alkanes) is 20. The van der Waals surface area contributed by atoms with Crippen LogP contribution in [0.25, 0.3) is 0 Å². The monoisotopic (exact) mass is 873 g/mol. The lowest BCUT2D eigenvalue weighted by Crippen LogP contribution is -2.40. The summed E-state index contributed by atoms with van der Waals surface area (Å²) < 4.78 is 22.8. The Kier molecular flexibility index (Phi) is 42.4. The summed E-state index contributed by atoms with van der Waals surface area (Å²) in [5.41, 5.74) is 0. The van der Waals surface area contributed by atoms with Gasteiger partial charge >= 0.3 is 17.9 Å². The molecule has 0 fully saturated rings. The number of likely N-dealkylation sites (N-methyl/N-ethyl adjacent to an activating group) is 1. The van der Waals surface area contributed by atoms with Crippen molar-refractivity contribution in [3.8, 4) is 0 Å². The highest BCUT2D eigenvalue weighted by molar-refractivity contribution is 5.71. The van der Waals surface area contributed by atoms with Crippen LogP contribution in [-0.4, -0.2) is 87.4 Å². The summed E-state index contributed by atoms with van der Waals surface area (Å²) in [6.45, 7) is 4.81. The summed E-state index contributed by atoms with van der Waals surface area (Å²) in [7, 11) is 5.95. The number of aliphatic carboxylic acids is 1. The molecule has 0 aliphatic rings. The van der Waals surface area contributed by atoms with Crippen molar-refractivity contribution in [2.75, 3.05) is 47.5 Å². The Morgan fingerprint density at radius 2 is 0.871 bits per heavy atom. The Balaban J connectivity index is 4.43. The average molecular weight is 873 g/mol. The third-order valence-electron chi connectivity index (χ3n) is 10.5. The van der Waals surface area contributed by atoms with Gasteiger partial charge in [-0.3, -0.25) is 9.59 Å². The molecule has 0 saturated carbocycles. The molecule has 2 atom stereocenters. The second-order valence-corrected chi connectivity index (χ2v) is 17.8. The molecular weight excluding hydrogens is 779 g/mol. The normalized spacial score (nSPS) is 13.4. The van der Waals surface area contributed by atoms with Crippen LogP contribution in [-0.2, 0) is 33.3 Å². The fourth-order valence-electron chi connectivity index (χ4n) is 6.58. The Morgan fingerprint density at radius 3 is 1.31 bits per heavy atom. The van der Waals surface area contributed by atoms with Crippen molar-refractivity contribution in [3.63, 3.8) is 0 Å². The number of rotatable bonds is 45. The smallest absolute Gasteiger partial charge is 0.361 e. The van der Waals surface area contributed by atoms with Gasteiger partial charge in [-0.1, -0.05) is 164 Å². The number of carboxylic acid groups (broad SMARTS) is 1. The maximum absolute atomic E-state index is 12.8. The second kappa shape index (κ2) is 44.6. The molecule has 9 heteroatoms. The maximum Gasteiger partial charge on any atom is 0.361 e. The molecule has 62 heavy (non-hydrogen) atoms. The average Bonchev–Trinajstić information content (AvgIpc) is 3.23. The van der Waals surface area contributed by atoms with Gasteiger partial charge in [0.05, 0.1) is 34.4 Å². The minimum absolute atomic E-state index is 0.180. The van der Waals surface area contributed by atoms with E-state index in [1.165, 1.54) is 70.6 Å². The van der Waals surface area contributed by atoms with Crippen molar-refractivity contribution in [3.05, 3.63) is 60.8 Å². The molecule has 0 aromatic carbocycles. The van der Waals surface area contributed by atoms with Crippen LogP contribution in [0.5, 0.6) is 0 Å². The second-order valence-electron chi connectivity index (χ2n) is 17.8. The molecule has 0 bridgehead atoms. The van der Waals surface area contributed by atoms with Gasteiger partial charge in [-0.25, -0.2) is 4.79 Å². The molecule has 0 aliphatic heterocycles. The topological polar surface area (TPSA) is 108 Å². The Bertz CT molecular complexity index is 1200. The predicted molar refractivity (Wildman–Crippen MR) is 258 cm³/mol. The van der Waals surface area contributed by atoms with Gasteiger partial charge in [-0.15, -0.1) is 0 Å². The maximum atomic E-state index is 12.8. The van der Waals surface area contributed by atoms with E-state index in [9.17, 15) is 19.5 Å². The predicted octanol–water partition coefficient (Wildman–Crippen LogP) is 13.7. The van der Waals surface area contributed by atoms with Crippen LogP contribution in [0.3, 0.4) is 0 Å². The number of quaternary nitrogens is 1. The van der Waals surface area contributed by atoms with Gasteiger partial charge in [-0.05, 0) is 83.5 Å². The first-order valence-electron chi connectivity index (χ1n) is 25.0. The zero-order chi connectivity index (χ0) is 45.6. The lowest BCUT2D eigenvalue weighted by atomic mass is 10.1. The van der Waals surface area contributed by atoms with Crippen LogP contribution in [0.4, 0.5) is 0 Å². The highest BCUT2D eigenvalue weighted by atomic mass is 16.7. The molecule has 0 aliphatic carbocycles. The van der Waals surface area contributed by atoms with Gasteiger partial charge in [0.1, 0.15) is 13.2 Å². The highest BCUT2D eigenvalue weighted by Gasteiger charge is 2.25. The number of esters is 2. The number of ether oxygens (including phenoxy) is 4. The Labute approximate surface area is 380 Å². The number of hydrogen-bond donors (Lipinski definition) is 1. The fourth-order valence-corrected chi connectivity index (χ4v) is 6.58. The molecule has 0 rings (SSSR count). The zero-order valence-electron chi connectivity index (χ0n) is 40.5. The van der Waals surface area contributed by atoms with Crippen LogP contribution in [0.15, 0.2) is 60.8 Å². The molecule has 2 unspecified atom stereocenters. The first-order valence-corrected chi connectivity index (χ1v) is 25.0. The van der Waals surface area contributed by atoms with Crippen molar-refractivity contribution in [2.45, 2.75) is 212 Å². The van der Waals surface area contributed by atoms with Crippen LogP contribution < -0.4 is 0 Å². The van der Waals surface area contributed by atoms with E-state index in [1.807, 2.05) is 21.1 Å². The zero-order valence-corrected chi connectivity index (χ0v) is 40.5. The lowest BCUT2D eigenvalue weighted by molar-refractivity contribution is -0.870. The quantitative estimate of drug-likeness (QED) is 0.0212. The van der Waals surface area contributed by atoms with Gasteiger partial charge in [0.25, 0.3) is 6.29 Å². The first kappa shape index (κ1) is 59.0. The van der Waals surface area contributed by atoms with Crippen LogP contribution in [0.1, 0.15) is 200 Å². The van der Waals surface area contributed by atoms with Crippen molar-refractivity contribution in [2.24, 2.45) is 0 Å². The highest BCUT2D eigenvalue weighted by Crippen LogP contribution is 2.13. The van der Waals surface area contributed by atoms with E-state index < -0.39 is 24.3 Å². The van der Waals surface area contributed by atoms with E-state index in [0.29, 0.717) is 17.4 Å². The van der Waals surface area contributed by atoms with E-state index in [2.05, 4.69) is 74.6 Å². The molecule has 0 amide bonds. The van der Waals surface area contributed by atoms with Crippen molar-refractivity contribution in [1.82, 2.24) is 0 Å². The number of carbonyl (C=O) groups excluding carboxylic acids is 2. The summed E-state index contributed by atoms with van der Waals surface area (Å²) >= 11 is 0. The van der Waals surface area contributed by atoms with Crippen molar-refractivity contribution in [1.29, 1.82) is 0 Å².